The summed E-state index contributed by atoms with van der Waals surface area (Å²) in [5.74, 6) is 0.945. The zero-order valence-electron chi connectivity index (χ0n) is 17.7. The number of non-ortho nitro benzene ring substituents is 1. The Balaban J connectivity index is 2.05. The smallest absolute Gasteiger partial charge is 0.418 e. The van der Waals surface area contributed by atoms with Crippen LogP contribution in [0.25, 0.3) is 16.8 Å². The van der Waals surface area contributed by atoms with Gasteiger partial charge in [0.2, 0.25) is 0 Å². The van der Waals surface area contributed by atoms with Gasteiger partial charge in [0.05, 0.1) is 30.4 Å². The molecule has 0 aliphatic heterocycles. The first-order valence-corrected chi connectivity index (χ1v) is 10.0. The van der Waals surface area contributed by atoms with Gasteiger partial charge in [-0.3, -0.25) is 19.5 Å². The minimum absolute atomic E-state index is 0.397. The van der Waals surface area contributed by atoms with Crippen LogP contribution in [0.15, 0.2) is 47.4 Å². The minimum Gasteiger partial charge on any atom is -0.497 e. The number of nitrogens with zero attached hydrogens (tertiary/aromatic N) is 2. The average molecular weight is 460 g/mol. The van der Waals surface area contributed by atoms with Crippen molar-refractivity contribution in [3.63, 3.8) is 0 Å². The van der Waals surface area contributed by atoms with E-state index in [2.05, 4.69) is 0 Å². The lowest BCUT2D eigenvalue weighted by atomic mass is 9.98. The molecule has 1 aromatic heterocycles. The molecule has 1 heterocycles. The number of benzene rings is 2. The standard InChI is InChI=1S/C23H19F3N2O5/c1-32-15-8-13(9-16(11-15)33-2)19-12-27(22(29)18-5-3-4-17(18)19)21-10-14(28(30)31)6-7-20(21)23(24,25)26/h6-12H,3-5H2,1-2H3. The summed E-state index contributed by atoms with van der Waals surface area (Å²) >= 11 is 0. The lowest BCUT2D eigenvalue weighted by molar-refractivity contribution is -0.384. The topological polar surface area (TPSA) is 83.6 Å². The molecule has 0 amide bonds. The first kappa shape index (κ1) is 22.4. The highest BCUT2D eigenvalue weighted by molar-refractivity contribution is 5.72. The number of pyridine rings is 1. The Kier molecular flexibility index (Phi) is 5.61. The predicted octanol–water partition coefficient (Wildman–Crippen LogP) is 4.94. The monoisotopic (exact) mass is 460 g/mol. The van der Waals surface area contributed by atoms with Gasteiger partial charge in [-0.05, 0) is 48.6 Å². The highest BCUT2D eigenvalue weighted by Gasteiger charge is 2.36. The molecule has 0 N–H and O–H groups in total. The molecule has 0 radical (unpaired) electrons. The Labute approximate surface area is 186 Å². The summed E-state index contributed by atoms with van der Waals surface area (Å²) in [6.45, 7) is 0. The predicted molar refractivity (Wildman–Crippen MR) is 114 cm³/mol. The maximum Gasteiger partial charge on any atom is 0.418 e. The fourth-order valence-corrected chi connectivity index (χ4v) is 4.15. The molecular formula is C23H19F3N2O5. The first-order valence-electron chi connectivity index (χ1n) is 10.0. The molecule has 0 atom stereocenters. The number of ether oxygens (including phenoxy) is 2. The van der Waals surface area contributed by atoms with E-state index in [4.69, 9.17) is 9.47 Å². The number of halogens is 3. The molecule has 0 unspecified atom stereocenters. The number of nitro groups is 1. The van der Waals surface area contributed by atoms with E-state index in [0.29, 0.717) is 53.5 Å². The van der Waals surface area contributed by atoms with Gasteiger partial charge in [0.15, 0.2) is 0 Å². The van der Waals surface area contributed by atoms with E-state index in [0.717, 1.165) is 22.3 Å². The van der Waals surface area contributed by atoms with Crippen molar-refractivity contribution in [2.75, 3.05) is 14.2 Å². The van der Waals surface area contributed by atoms with Crippen LogP contribution in [0.3, 0.4) is 0 Å². The summed E-state index contributed by atoms with van der Waals surface area (Å²) in [6.07, 6.45) is -1.85. The number of rotatable bonds is 5. The van der Waals surface area contributed by atoms with Crippen molar-refractivity contribution in [1.82, 2.24) is 4.57 Å². The molecule has 0 bridgehead atoms. The van der Waals surface area contributed by atoms with Crippen LogP contribution in [0.2, 0.25) is 0 Å². The molecule has 3 aromatic rings. The molecule has 0 fully saturated rings. The normalized spacial score (nSPS) is 13.0. The van der Waals surface area contributed by atoms with E-state index < -0.39 is 33.6 Å². The highest BCUT2D eigenvalue weighted by atomic mass is 19.4. The zero-order valence-corrected chi connectivity index (χ0v) is 17.7. The largest absolute Gasteiger partial charge is 0.497 e. The summed E-state index contributed by atoms with van der Waals surface area (Å²) in [5, 5.41) is 11.3. The molecular weight excluding hydrogens is 441 g/mol. The molecule has 33 heavy (non-hydrogen) atoms. The fourth-order valence-electron chi connectivity index (χ4n) is 4.15. The van der Waals surface area contributed by atoms with Gasteiger partial charge < -0.3 is 9.47 Å². The third kappa shape index (κ3) is 4.04. The van der Waals surface area contributed by atoms with Crippen molar-refractivity contribution in [2.45, 2.75) is 25.4 Å². The zero-order chi connectivity index (χ0) is 23.9. The molecule has 4 rings (SSSR count). The second kappa shape index (κ2) is 8.27. The van der Waals surface area contributed by atoms with Crippen molar-refractivity contribution in [3.8, 4) is 28.3 Å². The van der Waals surface area contributed by atoms with Crippen LogP contribution < -0.4 is 15.0 Å². The van der Waals surface area contributed by atoms with Crippen LogP contribution in [0.1, 0.15) is 23.1 Å². The second-order valence-electron chi connectivity index (χ2n) is 7.59. The molecule has 2 aromatic carbocycles. The second-order valence-corrected chi connectivity index (χ2v) is 7.59. The van der Waals surface area contributed by atoms with E-state index >= 15 is 0 Å². The summed E-state index contributed by atoms with van der Waals surface area (Å²) in [6, 6.07) is 7.23. The SMILES string of the molecule is COc1cc(OC)cc(-c2cn(-c3cc([N+](=O)[O-])ccc3C(F)(F)F)c(=O)c3c2CCC3)c1. The third-order valence-electron chi connectivity index (χ3n) is 5.70. The molecule has 1 aliphatic rings. The molecule has 10 heteroatoms. The van der Waals surface area contributed by atoms with Crippen molar-refractivity contribution in [2.24, 2.45) is 0 Å². The van der Waals surface area contributed by atoms with E-state index in [1.54, 1.807) is 18.2 Å². The molecule has 0 spiro atoms. The molecule has 1 aliphatic carbocycles. The maximum atomic E-state index is 13.8. The Hall–Kier alpha value is -3.82. The van der Waals surface area contributed by atoms with Gasteiger partial charge in [0.1, 0.15) is 11.5 Å². The number of methoxy groups -OCH3 is 2. The van der Waals surface area contributed by atoms with Crippen LogP contribution in [0.4, 0.5) is 18.9 Å². The van der Waals surface area contributed by atoms with Crippen LogP contribution in [-0.2, 0) is 19.0 Å². The summed E-state index contributed by atoms with van der Waals surface area (Å²) in [7, 11) is 2.95. The van der Waals surface area contributed by atoms with Crippen molar-refractivity contribution >= 4 is 5.69 Å². The van der Waals surface area contributed by atoms with E-state index in [9.17, 15) is 28.1 Å². The summed E-state index contributed by atoms with van der Waals surface area (Å²) < 4.78 is 52.8. The van der Waals surface area contributed by atoms with Crippen LogP contribution >= 0.6 is 0 Å². The lowest BCUT2D eigenvalue weighted by Crippen LogP contribution is -2.25. The van der Waals surface area contributed by atoms with Gasteiger partial charge >= 0.3 is 6.18 Å². The van der Waals surface area contributed by atoms with Gasteiger partial charge in [-0.1, -0.05) is 0 Å². The number of alkyl halides is 3. The summed E-state index contributed by atoms with van der Waals surface area (Å²) in [4.78, 5) is 23.7. The molecule has 0 saturated heterocycles. The number of hydrogen-bond acceptors (Lipinski definition) is 5. The quantitative estimate of drug-likeness (QED) is 0.398. The number of nitro benzene ring substituents is 1. The van der Waals surface area contributed by atoms with Crippen molar-refractivity contribution in [3.05, 3.63) is 79.8 Å². The van der Waals surface area contributed by atoms with E-state index in [1.807, 2.05) is 0 Å². The van der Waals surface area contributed by atoms with E-state index in [-0.39, 0.29) is 0 Å². The van der Waals surface area contributed by atoms with Crippen LogP contribution in [0, 0.1) is 10.1 Å². The van der Waals surface area contributed by atoms with Gasteiger partial charge in [0, 0.05) is 35.5 Å². The molecule has 0 saturated carbocycles. The lowest BCUT2D eigenvalue weighted by Gasteiger charge is -2.18. The maximum absolute atomic E-state index is 13.8. The Morgan fingerprint density at radius 1 is 1.00 bits per heavy atom. The number of hydrogen-bond donors (Lipinski definition) is 0. The summed E-state index contributed by atoms with van der Waals surface area (Å²) in [5.41, 5.74) is -0.618. The Bertz CT molecular complexity index is 1290. The van der Waals surface area contributed by atoms with Gasteiger partial charge in [-0.15, -0.1) is 0 Å². The number of aromatic nitrogens is 1. The molecule has 172 valence electrons. The average Bonchev–Trinajstić information content (AvgIpc) is 3.28. The molecule has 7 nitrogen and oxygen atoms in total. The van der Waals surface area contributed by atoms with Gasteiger partial charge in [-0.2, -0.15) is 13.2 Å². The van der Waals surface area contributed by atoms with Gasteiger partial charge in [-0.25, -0.2) is 0 Å². The third-order valence-corrected chi connectivity index (χ3v) is 5.70. The van der Waals surface area contributed by atoms with Crippen molar-refractivity contribution < 1.29 is 27.6 Å². The highest BCUT2D eigenvalue weighted by Crippen LogP contribution is 2.38. The van der Waals surface area contributed by atoms with Crippen molar-refractivity contribution in [1.29, 1.82) is 0 Å². The van der Waals surface area contributed by atoms with Crippen LogP contribution in [0.5, 0.6) is 11.5 Å². The van der Waals surface area contributed by atoms with Crippen LogP contribution in [-0.4, -0.2) is 23.7 Å². The van der Waals surface area contributed by atoms with E-state index in [1.165, 1.54) is 20.4 Å². The Morgan fingerprint density at radius 3 is 2.21 bits per heavy atom. The minimum atomic E-state index is -4.82. The number of fused-ring (bicyclic) bond motifs is 1. The van der Waals surface area contributed by atoms with Gasteiger partial charge in [0.25, 0.3) is 11.2 Å². The fraction of sp³-hybridized carbons (Fsp3) is 0.261. The Morgan fingerprint density at radius 2 is 1.64 bits per heavy atom. The first-order chi connectivity index (χ1) is 15.6.